The first-order valence-electron chi connectivity index (χ1n) is 7.79. The third-order valence-corrected chi connectivity index (χ3v) is 3.80. The second-order valence-corrected chi connectivity index (χ2v) is 5.61. The van der Waals surface area contributed by atoms with Gasteiger partial charge in [0.15, 0.2) is 11.6 Å². The standard InChI is InChI=1S/C18H15FN4O2/c19-15-10-20-18(22-13-4-5-16-11(8-13)6-7-25-16)23-17(15)21-12-2-1-3-14(24)9-12/h1-5,8-10,24H,6-7H2,(H2,20,21,22,23). The average Bonchev–Trinajstić information content (AvgIpc) is 3.06. The first-order chi connectivity index (χ1) is 12.2. The zero-order valence-electron chi connectivity index (χ0n) is 13.2. The predicted octanol–water partition coefficient (Wildman–Crippen LogP) is 3.74. The number of halogens is 1. The lowest BCUT2D eigenvalue weighted by molar-refractivity contribution is 0.357. The lowest BCUT2D eigenvalue weighted by Gasteiger charge is -2.10. The number of phenolic OH excluding ortho intramolecular Hbond substituents is 1. The highest BCUT2D eigenvalue weighted by Crippen LogP contribution is 2.29. The summed E-state index contributed by atoms with van der Waals surface area (Å²) in [5.41, 5.74) is 2.45. The molecule has 1 aliphatic heterocycles. The van der Waals surface area contributed by atoms with Crippen LogP contribution in [0.4, 0.5) is 27.5 Å². The van der Waals surface area contributed by atoms with E-state index in [4.69, 9.17) is 4.74 Å². The van der Waals surface area contributed by atoms with Gasteiger partial charge in [0.1, 0.15) is 11.5 Å². The molecule has 0 radical (unpaired) electrons. The number of nitrogens with zero attached hydrogens (tertiary/aromatic N) is 2. The molecule has 0 aliphatic carbocycles. The summed E-state index contributed by atoms with van der Waals surface area (Å²) in [6, 6.07) is 12.1. The Morgan fingerprint density at radius 1 is 1.08 bits per heavy atom. The number of anilines is 4. The molecule has 4 rings (SSSR count). The number of aromatic nitrogens is 2. The van der Waals surface area contributed by atoms with Crippen LogP contribution in [0.5, 0.6) is 11.5 Å². The van der Waals surface area contributed by atoms with Crippen molar-refractivity contribution >= 4 is 23.1 Å². The molecular weight excluding hydrogens is 323 g/mol. The van der Waals surface area contributed by atoms with Crippen molar-refractivity contribution in [2.24, 2.45) is 0 Å². The van der Waals surface area contributed by atoms with Gasteiger partial charge in [0, 0.05) is 23.9 Å². The van der Waals surface area contributed by atoms with Crippen LogP contribution in [0.3, 0.4) is 0 Å². The Morgan fingerprint density at radius 3 is 2.84 bits per heavy atom. The van der Waals surface area contributed by atoms with Gasteiger partial charge in [-0.15, -0.1) is 0 Å². The van der Waals surface area contributed by atoms with Gasteiger partial charge in [0.05, 0.1) is 12.8 Å². The fourth-order valence-electron chi connectivity index (χ4n) is 2.63. The van der Waals surface area contributed by atoms with Gasteiger partial charge in [0.25, 0.3) is 0 Å². The highest BCUT2D eigenvalue weighted by Gasteiger charge is 2.13. The van der Waals surface area contributed by atoms with E-state index in [2.05, 4.69) is 20.6 Å². The Balaban J connectivity index is 1.57. The molecule has 1 aromatic heterocycles. The predicted molar refractivity (Wildman–Crippen MR) is 92.3 cm³/mol. The average molecular weight is 338 g/mol. The normalized spacial score (nSPS) is 12.4. The highest BCUT2D eigenvalue weighted by molar-refractivity contribution is 5.62. The third kappa shape index (κ3) is 3.30. The maximum absolute atomic E-state index is 14.0. The van der Waals surface area contributed by atoms with E-state index in [0.29, 0.717) is 12.3 Å². The summed E-state index contributed by atoms with van der Waals surface area (Å²) in [6.45, 7) is 0.684. The van der Waals surface area contributed by atoms with Gasteiger partial charge in [-0.25, -0.2) is 9.37 Å². The zero-order valence-corrected chi connectivity index (χ0v) is 13.2. The zero-order chi connectivity index (χ0) is 17.2. The summed E-state index contributed by atoms with van der Waals surface area (Å²) < 4.78 is 19.5. The highest BCUT2D eigenvalue weighted by atomic mass is 19.1. The largest absolute Gasteiger partial charge is 0.508 e. The summed E-state index contributed by atoms with van der Waals surface area (Å²) in [5, 5.41) is 15.4. The van der Waals surface area contributed by atoms with Gasteiger partial charge < -0.3 is 20.5 Å². The van der Waals surface area contributed by atoms with E-state index in [-0.39, 0.29) is 17.5 Å². The minimum Gasteiger partial charge on any atom is -0.508 e. The maximum Gasteiger partial charge on any atom is 0.229 e. The summed E-state index contributed by atoms with van der Waals surface area (Å²) >= 11 is 0. The number of ether oxygens (including phenoxy) is 1. The minimum absolute atomic E-state index is 0.0209. The van der Waals surface area contributed by atoms with Gasteiger partial charge in [0.2, 0.25) is 5.95 Å². The van der Waals surface area contributed by atoms with E-state index in [9.17, 15) is 9.50 Å². The van der Waals surface area contributed by atoms with E-state index in [1.165, 1.54) is 12.1 Å². The Bertz CT molecular complexity index is 933. The Kier molecular flexibility index (Phi) is 3.81. The summed E-state index contributed by atoms with van der Waals surface area (Å²) in [7, 11) is 0. The van der Waals surface area contributed by atoms with Crippen molar-refractivity contribution in [2.45, 2.75) is 6.42 Å². The van der Waals surface area contributed by atoms with Crippen molar-refractivity contribution in [3.05, 3.63) is 60.0 Å². The van der Waals surface area contributed by atoms with Gasteiger partial charge in [-0.3, -0.25) is 0 Å². The monoisotopic (exact) mass is 338 g/mol. The molecule has 126 valence electrons. The van der Waals surface area contributed by atoms with Crippen LogP contribution in [0.2, 0.25) is 0 Å². The van der Waals surface area contributed by atoms with Crippen LogP contribution in [-0.2, 0) is 6.42 Å². The molecule has 0 fully saturated rings. The molecule has 2 heterocycles. The van der Waals surface area contributed by atoms with Crippen molar-refractivity contribution in [1.29, 1.82) is 0 Å². The molecule has 0 saturated carbocycles. The fraction of sp³-hybridized carbons (Fsp3) is 0.111. The Hall–Kier alpha value is -3.35. The lowest BCUT2D eigenvalue weighted by atomic mass is 10.1. The smallest absolute Gasteiger partial charge is 0.229 e. The van der Waals surface area contributed by atoms with Crippen LogP contribution in [0.25, 0.3) is 0 Å². The third-order valence-electron chi connectivity index (χ3n) is 3.80. The van der Waals surface area contributed by atoms with Crippen LogP contribution >= 0.6 is 0 Å². The fourth-order valence-corrected chi connectivity index (χ4v) is 2.63. The molecule has 0 amide bonds. The van der Waals surface area contributed by atoms with E-state index >= 15 is 0 Å². The van der Waals surface area contributed by atoms with Gasteiger partial charge in [-0.05, 0) is 35.9 Å². The number of benzene rings is 2. The van der Waals surface area contributed by atoms with Gasteiger partial charge in [-0.2, -0.15) is 4.98 Å². The van der Waals surface area contributed by atoms with Crippen LogP contribution in [0.1, 0.15) is 5.56 Å². The molecule has 0 saturated heterocycles. The number of hydrogen-bond acceptors (Lipinski definition) is 6. The molecule has 3 aromatic rings. The summed E-state index contributed by atoms with van der Waals surface area (Å²) in [6.07, 6.45) is 1.95. The number of fused-ring (bicyclic) bond motifs is 1. The van der Waals surface area contributed by atoms with Crippen molar-refractivity contribution < 1.29 is 14.2 Å². The molecular formula is C18H15FN4O2. The topological polar surface area (TPSA) is 79.3 Å². The van der Waals surface area contributed by atoms with Crippen LogP contribution in [-0.4, -0.2) is 21.7 Å². The molecule has 2 aromatic carbocycles. The Morgan fingerprint density at radius 2 is 1.96 bits per heavy atom. The molecule has 0 unspecified atom stereocenters. The summed E-state index contributed by atoms with van der Waals surface area (Å²) in [4.78, 5) is 8.13. The molecule has 25 heavy (non-hydrogen) atoms. The van der Waals surface area contributed by atoms with E-state index in [0.717, 1.165) is 29.6 Å². The SMILES string of the molecule is Oc1cccc(Nc2nc(Nc3ccc4c(c3)CCO4)ncc2F)c1. The number of hydrogen-bond donors (Lipinski definition) is 3. The minimum atomic E-state index is -0.587. The van der Waals surface area contributed by atoms with Gasteiger partial charge >= 0.3 is 0 Å². The first kappa shape index (κ1) is 15.2. The maximum atomic E-state index is 14.0. The molecule has 0 spiro atoms. The first-order valence-corrected chi connectivity index (χ1v) is 7.79. The molecule has 6 nitrogen and oxygen atoms in total. The van der Waals surface area contributed by atoms with Crippen molar-refractivity contribution in [3.8, 4) is 11.5 Å². The number of phenols is 1. The summed E-state index contributed by atoms with van der Waals surface area (Å²) in [5.74, 6) is 0.668. The molecule has 7 heteroatoms. The van der Waals surface area contributed by atoms with Crippen molar-refractivity contribution in [2.75, 3.05) is 17.2 Å². The van der Waals surface area contributed by atoms with Crippen molar-refractivity contribution in [1.82, 2.24) is 9.97 Å². The molecule has 0 bridgehead atoms. The molecule has 1 aliphatic rings. The Labute approximate surface area is 143 Å². The number of aromatic hydroxyl groups is 1. The van der Waals surface area contributed by atoms with Gasteiger partial charge in [-0.1, -0.05) is 6.07 Å². The molecule has 0 atom stereocenters. The van der Waals surface area contributed by atoms with Crippen LogP contribution in [0.15, 0.2) is 48.7 Å². The van der Waals surface area contributed by atoms with E-state index in [1.54, 1.807) is 12.1 Å². The van der Waals surface area contributed by atoms with E-state index in [1.807, 2.05) is 18.2 Å². The van der Waals surface area contributed by atoms with Crippen molar-refractivity contribution in [3.63, 3.8) is 0 Å². The number of nitrogens with one attached hydrogen (secondary N) is 2. The van der Waals surface area contributed by atoms with E-state index < -0.39 is 5.82 Å². The molecule has 3 N–H and O–H groups in total. The van der Waals surface area contributed by atoms with Crippen LogP contribution < -0.4 is 15.4 Å². The second kappa shape index (κ2) is 6.27. The quantitative estimate of drug-likeness (QED) is 0.672. The van der Waals surface area contributed by atoms with Crippen LogP contribution in [0, 0.1) is 5.82 Å². The lowest BCUT2D eigenvalue weighted by Crippen LogP contribution is -2.03. The second-order valence-electron chi connectivity index (χ2n) is 5.61. The number of rotatable bonds is 4.